The molecule has 54 valence electrons. The average Bonchev–Trinajstić information content (AvgIpc) is 1.63. The fourth-order valence-electron chi connectivity index (χ4n) is 0.363. The van der Waals surface area contributed by atoms with E-state index in [1.165, 1.54) is 0 Å². The first-order chi connectivity index (χ1) is 4.16. The van der Waals surface area contributed by atoms with E-state index < -0.39 is 0 Å². The number of carbonyl (C=O) groups is 1. The van der Waals surface area contributed by atoms with Gasteiger partial charge < -0.3 is 0 Å². The van der Waals surface area contributed by atoms with Gasteiger partial charge in [-0.3, -0.25) is 14.7 Å². The summed E-state index contributed by atoms with van der Waals surface area (Å²) in [6, 6.07) is 0. The Kier molecular flexibility index (Phi) is 5.61. The first-order valence-corrected chi connectivity index (χ1v) is 4.58. The van der Waals surface area contributed by atoms with Crippen LogP contribution in [0.1, 0.15) is 13.3 Å². The lowest BCUT2D eigenvalue weighted by Crippen LogP contribution is -2.19. The number of hydrogen-bond acceptors (Lipinski definition) is 3. The van der Waals surface area contributed by atoms with Crippen molar-refractivity contribution in [3.63, 3.8) is 0 Å². The maximum Gasteiger partial charge on any atom is 0.231 e. The highest BCUT2D eigenvalue weighted by atomic mass is 127. The van der Waals surface area contributed by atoms with Gasteiger partial charge in [0.15, 0.2) is 0 Å². The van der Waals surface area contributed by atoms with E-state index in [0.29, 0.717) is 10.3 Å². The third kappa shape index (κ3) is 6.39. The second kappa shape index (κ2) is 5.31. The number of nitrogens with two attached hydrogens (primary N) is 1. The molecule has 0 saturated carbocycles. The van der Waals surface area contributed by atoms with Gasteiger partial charge in [-0.05, 0) is 0 Å². The van der Waals surface area contributed by atoms with Crippen molar-refractivity contribution in [2.45, 2.75) is 17.3 Å². The van der Waals surface area contributed by atoms with Crippen LogP contribution in [0.15, 0.2) is 0 Å². The van der Waals surface area contributed by atoms with Gasteiger partial charge in [-0.25, -0.2) is 0 Å². The molecule has 1 amide bonds. The second-order valence-corrected chi connectivity index (χ2v) is 4.19. The van der Waals surface area contributed by atoms with Gasteiger partial charge in [0.05, 0.1) is 0 Å². The predicted octanol–water partition coefficient (Wildman–Crippen LogP) is 0.838. The Hall–Kier alpha value is 0.510. The Labute approximate surface area is 72.5 Å². The summed E-state index contributed by atoms with van der Waals surface area (Å²) in [4.78, 5) is 10.6. The molecule has 0 bridgehead atoms. The maximum absolute atomic E-state index is 10.6. The van der Waals surface area contributed by atoms with Gasteiger partial charge in [0.25, 0.3) is 0 Å². The van der Waals surface area contributed by atoms with E-state index in [1.54, 1.807) is 0 Å². The molecule has 0 aromatic carbocycles. The van der Waals surface area contributed by atoms with Crippen LogP contribution in [-0.2, 0) is 4.79 Å². The molecule has 5 heteroatoms. The van der Waals surface area contributed by atoms with Crippen molar-refractivity contribution in [1.82, 2.24) is 4.72 Å². The lowest BCUT2D eigenvalue weighted by atomic mass is 10.3. The van der Waals surface area contributed by atoms with Gasteiger partial charge in [-0.2, -0.15) is 0 Å². The summed E-state index contributed by atoms with van der Waals surface area (Å²) < 4.78 is 2.80. The van der Waals surface area contributed by atoms with E-state index >= 15 is 0 Å². The quantitative estimate of drug-likeness (QED) is 0.449. The first kappa shape index (κ1) is 9.51. The zero-order valence-electron chi connectivity index (χ0n) is 5.06. The minimum absolute atomic E-state index is 0.00981. The summed E-state index contributed by atoms with van der Waals surface area (Å²) in [7, 11) is 0. The normalized spacial score (nSPS) is 12.8. The molecular weight excluding hydrogens is 251 g/mol. The molecule has 3 nitrogen and oxygen atoms in total. The molecule has 3 N–H and O–H groups in total. The van der Waals surface area contributed by atoms with Crippen molar-refractivity contribution in [3.8, 4) is 0 Å². The van der Waals surface area contributed by atoms with Crippen molar-refractivity contribution in [1.29, 1.82) is 0 Å². The Bertz CT molecular complexity index is 98.6. The average molecular weight is 260 g/mol. The number of rotatable bonds is 3. The van der Waals surface area contributed by atoms with E-state index in [-0.39, 0.29) is 5.91 Å². The highest BCUT2D eigenvalue weighted by molar-refractivity contribution is 14.1. The number of hydrogen-bond donors (Lipinski definition) is 2. The van der Waals surface area contributed by atoms with Crippen molar-refractivity contribution in [2.24, 2.45) is 5.14 Å². The van der Waals surface area contributed by atoms with E-state index in [9.17, 15) is 4.79 Å². The monoisotopic (exact) mass is 260 g/mol. The summed E-state index contributed by atoms with van der Waals surface area (Å²) in [5.74, 6) is -0.00981. The lowest BCUT2D eigenvalue weighted by Gasteiger charge is -2.00. The van der Waals surface area contributed by atoms with E-state index in [4.69, 9.17) is 5.14 Å². The molecular formula is C4H9IN2OS. The molecule has 1 unspecified atom stereocenters. The molecule has 0 aliphatic rings. The summed E-state index contributed by atoms with van der Waals surface area (Å²) in [5.41, 5.74) is 0. The highest BCUT2D eigenvalue weighted by Gasteiger charge is 2.03. The smallest absolute Gasteiger partial charge is 0.231 e. The minimum atomic E-state index is -0.00981. The molecule has 0 rings (SSSR count). The third-order valence-corrected chi connectivity index (χ3v) is 1.43. The van der Waals surface area contributed by atoms with Crippen molar-refractivity contribution >= 4 is 40.6 Å². The van der Waals surface area contributed by atoms with E-state index in [1.807, 2.05) is 6.92 Å². The van der Waals surface area contributed by atoms with Gasteiger partial charge in [-0.1, -0.05) is 29.5 Å². The molecule has 0 aromatic rings. The molecule has 0 aromatic heterocycles. The number of nitrogens with one attached hydrogen (secondary N) is 1. The van der Waals surface area contributed by atoms with Crippen LogP contribution in [0, 0.1) is 0 Å². The molecule has 0 aliphatic heterocycles. The molecule has 9 heavy (non-hydrogen) atoms. The van der Waals surface area contributed by atoms with Crippen molar-refractivity contribution < 1.29 is 4.79 Å². The zero-order chi connectivity index (χ0) is 7.28. The summed E-state index contributed by atoms with van der Waals surface area (Å²) in [5, 5.41) is 4.99. The lowest BCUT2D eigenvalue weighted by molar-refractivity contribution is -0.119. The minimum Gasteiger partial charge on any atom is -0.287 e. The Morgan fingerprint density at radius 3 is 2.89 bits per heavy atom. The Morgan fingerprint density at radius 2 is 2.56 bits per heavy atom. The SMILES string of the molecule is CC(I)CC(=O)NSN. The standard InChI is InChI=1S/C4H9IN2OS/c1-3(5)2-4(8)7-9-6/h3H,2,6H2,1H3,(H,7,8). The van der Waals surface area contributed by atoms with E-state index in [0.717, 1.165) is 12.1 Å². The van der Waals surface area contributed by atoms with Crippen LogP contribution < -0.4 is 9.86 Å². The largest absolute Gasteiger partial charge is 0.287 e. The summed E-state index contributed by atoms with van der Waals surface area (Å²) in [6.07, 6.45) is 0.532. The fraction of sp³-hybridized carbons (Fsp3) is 0.750. The van der Waals surface area contributed by atoms with Gasteiger partial charge in [0.2, 0.25) is 5.91 Å². The van der Waals surface area contributed by atoms with Crippen LogP contribution in [0.2, 0.25) is 0 Å². The van der Waals surface area contributed by atoms with Crippen LogP contribution in [-0.4, -0.2) is 9.83 Å². The first-order valence-electron chi connectivity index (χ1n) is 2.45. The third-order valence-electron chi connectivity index (χ3n) is 0.639. The number of halogens is 1. The molecule has 0 spiro atoms. The highest BCUT2D eigenvalue weighted by Crippen LogP contribution is 2.03. The molecule has 0 heterocycles. The summed E-state index contributed by atoms with van der Waals surface area (Å²) >= 11 is 3.04. The molecule has 0 aliphatic carbocycles. The van der Waals surface area contributed by atoms with Crippen LogP contribution in [0.25, 0.3) is 0 Å². The van der Waals surface area contributed by atoms with Crippen LogP contribution in [0.3, 0.4) is 0 Å². The van der Waals surface area contributed by atoms with Crippen LogP contribution in [0.5, 0.6) is 0 Å². The maximum atomic E-state index is 10.6. The van der Waals surface area contributed by atoms with Crippen molar-refractivity contribution in [3.05, 3.63) is 0 Å². The van der Waals surface area contributed by atoms with Crippen molar-refractivity contribution in [2.75, 3.05) is 0 Å². The molecule has 0 fully saturated rings. The Balaban J connectivity index is 3.27. The molecule has 1 atom stereocenters. The van der Waals surface area contributed by atoms with Gasteiger partial charge in [0, 0.05) is 22.5 Å². The molecule has 0 radical (unpaired) electrons. The summed E-state index contributed by atoms with van der Waals surface area (Å²) in [6.45, 7) is 1.97. The van der Waals surface area contributed by atoms with Gasteiger partial charge >= 0.3 is 0 Å². The number of carbonyl (C=O) groups excluding carboxylic acids is 1. The fourth-order valence-corrected chi connectivity index (χ4v) is 0.978. The number of alkyl halides is 1. The predicted molar refractivity (Wildman–Crippen MR) is 48.0 cm³/mol. The van der Waals surface area contributed by atoms with Crippen LogP contribution in [0.4, 0.5) is 0 Å². The zero-order valence-corrected chi connectivity index (χ0v) is 8.03. The molecule has 0 saturated heterocycles. The van der Waals surface area contributed by atoms with Crippen LogP contribution >= 0.6 is 34.7 Å². The van der Waals surface area contributed by atoms with Gasteiger partial charge in [0.1, 0.15) is 0 Å². The second-order valence-electron chi connectivity index (χ2n) is 1.63. The topological polar surface area (TPSA) is 55.1 Å². The van der Waals surface area contributed by atoms with Gasteiger partial charge in [-0.15, -0.1) is 0 Å². The number of amides is 1. The van der Waals surface area contributed by atoms with E-state index in [2.05, 4.69) is 27.3 Å². The Morgan fingerprint density at radius 1 is 2.00 bits per heavy atom.